The molecule has 0 fully saturated rings. The molecule has 0 bridgehead atoms. The predicted octanol–water partition coefficient (Wildman–Crippen LogP) is 2.71. The molecule has 4 nitrogen and oxygen atoms in total. The molecule has 6 heteroatoms. The fourth-order valence-corrected chi connectivity index (χ4v) is 2.30. The van der Waals surface area contributed by atoms with Gasteiger partial charge in [0.25, 0.3) is 5.91 Å². The van der Waals surface area contributed by atoms with Gasteiger partial charge in [-0.05, 0) is 42.3 Å². The van der Waals surface area contributed by atoms with Crippen molar-refractivity contribution in [3.05, 3.63) is 59.2 Å². The van der Waals surface area contributed by atoms with E-state index in [1.54, 1.807) is 0 Å². The Labute approximate surface area is 132 Å². The van der Waals surface area contributed by atoms with Crippen molar-refractivity contribution in [2.75, 3.05) is 19.8 Å². The van der Waals surface area contributed by atoms with Crippen molar-refractivity contribution in [1.29, 1.82) is 0 Å². The van der Waals surface area contributed by atoms with Crippen LogP contribution in [-0.2, 0) is 6.42 Å². The molecule has 2 aromatic carbocycles. The molecule has 1 heterocycles. The van der Waals surface area contributed by atoms with Crippen molar-refractivity contribution < 1.29 is 23.0 Å². The summed E-state index contributed by atoms with van der Waals surface area (Å²) in [6.07, 6.45) is 0.589. The number of carbonyl (C=O) groups is 1. The Kier molecular flexibility index (Phi) is 4.41. The number of hydrogen-bond acceptors (Lipinski definition) is 3. The molecular formula is C17H15F2NO3. The molecule has 0 radical (unpaired) electrons. The Hall–Kier alpha value is -2.63. The number of fused-ring (bicyclic) bond motifs is 1. The average Bonchev–Trinajstić information content (AvgIpc) is 2.57. The second-order valence-electron chi connectivity index (χ2n) is 5.11. The third-order valence-corrected chi connectivity index (χ3v) is 3.49. The molecule has 0 aliphatic carbocycles. The molecule has 1 aliphatic heterocycles. The number of carbonyl (C=O) groups excluding carboxylic acids is 1. The van der Waals surface area contributed by atoms with E-state index in [0.29, 0.717) is 37.7 Å². The van der Waals surface area contributed by atoms with Crippen molar-refractivity contribution in [3.8, 4) is 11.5 Å². The molecule has 0 saturated carbocycles. The lowest BCUT2D eigenvalue weighted by molar-refractivity contribution is 0.0953. The topological polar surface area (TPSA) is 47.6 Å². The van der Waals surface area contributed by atoms with E-state index in [4.69, 9.17) is 9.47 Å². The summed E-state index contributed by atoms with van der Waals surface area (Å²) in [7, 11) is 0. The Morgan fingerprint density at radius 1 is 1.00 bits per heavy atom. The molecule has 3 rings (SSSR count). The van der Waals surface area contributed by atoms with Gasteiger partial charge in [0.05, 0.1) is 0 Å². The smallest absolute Gasteiger partial charge is 0.251 e. The molecule has 0 saturated heterocycles. The molecule has 1 aliphatic rings. The van der Waals surface area contributed by atoms with Gasteiger partial charge in [0, 0.05) is 12.1 Å². The zero-order valence-electron chi connectivity index (χ0n) is 12.3. The highest BCUT2D eigenvalue weighted by Gasteiger charge is 2.12. The number of halogens is 2. The largest absolute Gasteiger partial charge is 0.486 e. The summed E-state index contributed by atoms with van der Waals surface area (Å²) in [6, 6.07) is 8.67. The van der Waals surface area contributed by atoms with Crippen molar-refractivity contribution >= 4 is 5.91 Å². The summed E-state index contributed by atoms with van der Waals surface area (Å²) >= 11 is 0. The van der Waals surface area contributed by atoms with Crippen LogP contribution in [0.15, 0.2) is 36.4 Å². The van der Waals surface area contributed by atoms with Crippen LogP contribution in [0.25, 0.3) is 0 Å². The normalized spacial score (nSPS) is 12.8. The summed E-state index contributed by atoms with van der Waals surface area (Å²) in [5.74, 6) is -1.05. The van der Waals surface area contributed by atoms with Crippen LogP contribution in [0.3, 0.4) is 0 Å². The number of benzene rings is 2. The van der Waals surface area contributed by atoms with Crippen molar-refractivity contribution in [3.63, 3.8) is 0 Å². The lowest BCUT2D eigenvalue weighted by Gasteiger charge is -2.18. The van der Waals surface area contributed by atoms with Crippen molar-refractivity contribution in [1.82, 2.24) is 5.32 Å². The average molecular weight is 319 g/mol. The maximum atomic E-state index is 13.1. The summed E-state index contributed by atoms with van der Waals surface area (Å²) in [5.41, 5.74) is 1.07. The fraction of sp³-hybridized carbons (Fsp3) is 0.235. The van der Waals surface area contributed by atoms with Crippen LogP contribution in [0.4, 0.5) is 8.78 Å². The van der Waals surface area contributed by atoms with E-state index in [1.807, 2.05) is 18.2 Å². The lowest BCUT2D eigenvalue weighted by Crippen LogP contribution is -2.26. The predicted molar refractivity (Wildman–Crippen MR) is 79.8 cm³/mol. The van der Waals surface area contributed by atoms with Crippen LogP contribution < -0.4 is 14.8 Å². The minimum absolute atomic E-state index is 0.0890. The molecule has 0 spiro atoms. The number of hydrogen-bond donors (Lipinski definition) is 1. The van der Waals surface area contributed by atoms with Gasteiger partial charge < -0.3 is 14.8 Å². The first kappa shape index (κ1) is 15.3. The second-order valence-corrected chi connectivity index (χ2v) is 5.11. The molecule has 120 valence electrons. The third kappa shape index (κ3) is 3.59. The van der Waals surface area contributed by atoms with Gasteiger partial charge in [-0.3, -0.25) is 4.79 Å². The Balaban J connectivity index is 1.56. The summed E-state index contributed by atoms with van der Waals surface area (Å²) < 4.78 is 36.9. The monoisotopic (exact) mass is 319 g/mol. The van der Waals surface area contributed by atoms with Gasteiger partial charge in [-0.15, -0.1) is 0 Å². The van der Waals surface area contributed by atoms with E-state index < -0.39 is 17.5 Å². The van der Waals surface area contributed by atoms with Crippen LogP contribution in [0.5, 0.6) is 11.5 Å². The maximum Gasteiger partial charge on any atom is 0.251 e. The molecule has 1 amide bonds. The highest BCUT2D eigenvalue weighted by Crippen LogP contribution is 2.30. The van der Waals surface area contributed by atoms with Gasteiger partial charge >= 0.3 is 0 Å². The molecule has 0 atom stereocenters. The standard InChI is InChI=1S/C17H15F2NO3/c18-13-3-2-12(10-14(13)19)17(21)20-6-5-11-1-4-15-16(9-11)23-8-7-22-15/h1-4,9-10H,5-8H2,(H,20,21). The molecule has 23 heavy (non-hydrogen) atoms. The van der Waals surface area contributed by atoms with Crippen molar-refractivity contribution in [2.45, 2.75) is 6.42 Å². The van der Waals surface area contributed by atoms with E-state index in [9.17, 15) is 13.6 Å². The van der Waals surface area contributed by atoms with E-state index in [1.165, 1.54) is 6.07 Å². The summed E-state index contributed by atoms with van der Waals surface area (Å²) in [5, 5.41) is 2.67. The Bertz CT molecular complexity index is 734. The summed E-state index contributed by atoms with van der Waals surface area (Å²) in [4.78, 5) is 11.9. The van der Waals surface area contributed by atoms with E-state index in [0.717, 1.165) is 17.7 Å². The van der Waals surface area contributed by atoms with E-state index in [2.05, 4.69) is 5.32 Å². The highest BCUT2D eigenvalue weighted by atomic mass is 19.2. The quantitative estimate of drug-likeness (QED) is 0.942. The van der Waals surface area contributed by atoms with E-state index >= 15 is 0 Å². The lowest BCUT2D eigenvalue weighted by atomic mass is 10.1. The second kappa shape index (κ2) is 6.64. The van der Waals surface area contributed by atoms with Crippen LogP contribution in [0.1, 0.15) is 15.9 Å². The molecule has 2 aromatic rings. The van der Waals surface area contributed by atoms with Crippen molar-refractivity contribution in [2.24, 2.45) is 0 Å². The minimum Gasteiger partial charge on any atom is -0.486 e. The number of rotatable bonds is 4. The zero-order valence-corrected chi connectivity index (χ0v) is 12.3. The first-order valence-electron chi connectivity index (χ1n) is 7.25. The van der Waals surface area contributed by atoms with Gasteiger partial charge in [-0.1, -0.05) is 6.07 Å². The van der Waals surface area contributed by atoms with Gasteiger partial charge in [-0.2, -0.15) is 0 Å². The van der Waals surface area contributed by atoms with Crippen LogP contribution in [0, 0.1) is 11.6 Å². The summed E-state index contributed by atoms with van der Waals surface area (Å²) in [6.45, 7) is 1.43. The number of nitrogens with one attached hydrogen (secondary N) is 1. The number of ether oxygens (including phenoxy) is 2. The minimum atomic E-state index is -1.04. The fourth-order valence-electron chi connectivity index (χ4n) is 2.30. The zero-order chi connectivity index (χ0) is 16.2. The SMILES string of the molecule is O=C(NCCc1ccc2c(c1)OCCO2)c1ccc(F)c(F)c1. The van der Waals surface area contributed by atoms with Gasteiger partial charge in [0.15, 0.2) is 23.1 Å². The van der Waals surface area contributed by atoms with Gasteiger partial charge in [-0.25, -0.2) is 8.78 Å². The molecule has 0 unspecified atom stereocenters. The highest BCUT2D eigenvalue weighted by molar-refractivity contribution is 5.94. The first-order chi connectivity index (χ1) is 11.1. The van der Waals surface area contributed by atoms with E-state index in [-0.39, 0.29) is 5.56 Å². The number of amides is 1. The van der Waals surface area contributed by atoms with Crippen LogP contribution >= 0.6 is 0 Å². The molecule has 1 N–H and O–H groups in total. The Morgan fingerprint density at radius 3 is 2.57 bits per heavy atom. The van der Waals surface area contributed by atoms with Gasteiger partial charge in [0.2, 0.25) is 0 Å². The maximum absolute atomic E-state index is 13.1. The molecular weight excluding hydrogens is 304 g/mol. The third-order valence-electron chi connectivity index (χ3n) is 3.49. The molecule has 0 aromatic heterocycles. The van der Waals surface area contributed by atoms with Crippen LogP contribution in [0.2, 0.25) is 0 Å². The first-order valence-corrected chi connectivity index (χ1v) is 7.25. The van der Waals surface area contributed by atoms with Crippen LogP contribution in [-0.4, -0.2) is 25.7 Å². The Morgan fingerprint density at radius 2 is 1.78 bits per heavy atom. The van der Waals surface area contributed by atoms with Gasteiger partial charge in [0.1, 0.15) is 13.2 Å².